The molecule has 0 spiro atoms. The van der Waals surface area contributed by atoms with Gasteiger partial charge in [0.05, 0.1) is 19.5 Å². The quantitative estimate of drug-likeness (QED) is 0.561. The molecule has 8 heteroatoms. The molecule has 0 saturated carbocycles. The van der Waals surface area contributed by atoms with Crippen molar-refractivity contribution in [1.82, 2.24) is 14.8 Å². The van der Waals surface area contributed by atoms with Crippen LogP contribution >= 0.6 is 11.8 Å². The average molecular weight is 413 g/mol. The Hall–Kier alpha value is -3.00. The number of thioether (sulfide) groups is 1. The minimum Gasteiger partial charge on any atom is -0.497 e. The summed E-state index contributed by atoms with van der Waals surface area (Å²) in [6, 6.07) is 15.0. The van der Waals surface area contributed by atoms with Crippen LogP contribution in [-0.4, -0.2) is 40.1 Å². The largest absolute Gasteiger partial charge is 0.497 e. The molecule has 0 saturated heterocycles. The van der Waals surface area contributed by atoms with Gasteiger partial charge in [-0.05, 0) is 50.2 Å². The van der Waals surface area contributed by atoms with E-state index < -0.39 is 0 Å². The SMILES string of the molecule is CCn1c(S[C@H](C)C(=O)Nc2cccc(OC)c2)nnc1-c1ccc(OC)cc1. The second-order valence-corrected chi connectivity index (χ2v) is 7.57. The van der Waals surface area contributed by atoms with E-state index in [2.05, 4.69) is 15.5 Å². The van der Waals surface area contributed by atoms with Gasteiger partial charge in [0.15, 0.2) is 11.0 Å². The van der Waals surface area contributed by atoms with Gasteiger partial charge in [-0.2, -0.15) is 0 Å². The zero-order valence-corrected chi connectivity index (χ0v) is 17.7. The van der Waals surface area contributed by atoms with E-state index in [1.165, 1.54) is 11.8 Å². The molecule has 2 aromatic carbocycles. The highest BCUT2D eigenvalue weighted by atomic mass is 32.2. The lowest BCUT2D eigenvalue weighted by Gasteiger charge is -2.13. The van der Waals surface area contributed by atoms with Crippen LogP contribution in [0.15, 0.2) is 53.7 Å². The maximum atomic E-state index is 12.6. The summed E-state index contributed by atoms with van der Waals surface area (Å²) in [4.78, 5) is 12.6. The number of carbonyl (C=O) groups excluding carboxylic acids is 1. The first-order valence-electron chi connectivity index (χ1n) is 9.25. The van der Waals surface area contributed by atoms with Crippen LogP contribution < -0.4 is 14.8 Å². The number of nitrogens with zero attached hydrogens (tertiary/aromatic N) is 3. The van der Waals surface area contributed by atoms with Crippen LogP contribution in [0, 0.1) is 0 Å². The van der Waals surface area contributed by atoms with Crippen LogP contribution in [-0.2, 0) is 11.3 Å². The number of benzene rings is 2. The first-order valence-corrected chi connectivity index (χ1v) is 10.1. The number of hydrogen-bond acceptors (Lipinski definition) is 6. The predicted molar refractivity (Wildman–Crippen MR) is 115 cm³/mol. The molecule has 3 aromatic rings. The fraction of sp³-hybridized carbons (Fsp3) is 0.286. The molecule has 1 N–H and O–H groups in total. The predicted octanol–water partition coefficient (Wildman–Crippen LogP) is 4.10. The Morgan fingerprint density at radius 1 is 1.10 bits per heavy atom. The number of nitrogens with one attached hydrogen (secondary N) is 1. The Balaban J connectivity index is 1.73. The standard InChI is InChI=1S/C21H24N4O3S/c1-5-25-19(15-9-11-17(27-3)12-10-15)23-24-21(25)29-14(2)20(26)22-16-7-6-8-18(13-16)28-4/h6-14H,5H2,1-4H3,(H,22,26)/t14-/m1/s1. The smallest absolute Gasteiger partial charge is 0.237 e. The molecule has 0 radical (unpaired) electrons. The van der Waals surface area contributed by atoms with E-state index in [1.54, 1.807) is 20.3 Å². The van der Waals surface area contributed by atoms with E-state index in [0.717, 1.165) is 17.1 Å². The summed E-state index contributed by atoms with van der Waals surface area (Å²) in [6.45, 7) is 4.57. The zero-order valence-electron chi connectivity index (χ0n) is 16.9. The van der Waals surface area contributed by atoms with Gasteiger partial charge in [0, 0.05) is 23.9 Å². The molecular formula is C21H24N4O3S. The van der Waals surface area contributed by atoms with Crippen molar-refractivity contribution < 1.29 is 14.3 Å². The van der Waals surface area contributed by atoms with E-state index in [9.17, 15) is 4.79 Å². The molecule has 0 fully saturated rings. The maximum Gasteiger partial charge on any atom is 0.237 e. The van der Waals surface area contributed by atoms with Crippen molar-refractivity contribution in [3.63, 3.8) is 0 Å². The first kappa shape index (κ1) is 20.7. The lowest BCUT2D eigenvalue weighted by molar-refractivity contribution is -0.115. The van der Waals surface area contributed by atoms with E-state index >= 15 is 0 Å². The van der Waals surface area contributed by atoms with E-state index in [-0.39, 0.29) is 11.2 Å². The third-order valence-electron chi connectivity index (χ3n) is 4.37. The third kappa shape index (κ3) is 4.89. The highest BCUT2D eigenvalue weighted by Crippen LogP contribution is 2.28. The molecule has 0 aliphatic carbocycles. The van der Waals surface area contributed by atoms with E-state index in [1.807, 2.05) is 60.9 Å². The van der Waals surface area contributed by atoms with E-state index in [4.69, 9.17) is 9.47 Å². The monoisotopic (exact) mass is 412 g/mol. The molecule has 0 aliphatic heterocycles. The van der Waals surface area contributed by atoms with Gasteiger partial charge in [-0.3, -0.25) is 4.79 Å². The second-order valence-electron chi connectivity index (χ2n) is 6.26. The maximum absolute atomic E-state index is 12.6. The summed E-state index contributed by atoms with van der Waals surface area (Å²) in [6.07, 6.45) is 0. The second kappa shape index (κ2) is 9.47. The zero-order chi connectivity index (χ0) is 20.8. The van der Waals surface area contributed by atoms with Crippen molar-refractivity contribution in [2.24, 2.45) is 0 Å². The van der Waals surface area contributed by atoms with E-state index in [0.29, 0.717) is 23.1 Å². The Kier molecular flexibility index (Phi) is 6.77. The Morgan fingerprint density at radius 3 is 2.48 bits per heavy atom. The molecule has 152 valence electrons. The number of anilines is 1. The van der Waals surface area contributed by atoms with Gasteiger partial charge in [0.25, 0.3) is 0 Å². The highest BCUT2D eigenvalue weighted by molar-refractivity contribution is 8.00. The molecular weight excluding hydrogens is 388 g/mol. The summed E-state index contributed by atoms with van der Waals surface area (Å²) >= 11 is 1.38. The van der Waals surface area contributed by atoms with Crippen LogP contribution in [0.4, 0.5) is 5.69 Å². The van der Waals surface area contributed by atoms with Gasteiger partial charge < -0.3 is 19.4 Å². The molecule has 0 bridgehead atoms. The molecule has 7 nitrogen and oxygen atoms in total. The van der Waals surface area contributed by atoms with Crippen LogP contribution in [0.1, 0.15) is 13.8 Å². The van der Waals surface area contributed by atoms with Gasteiger partial charge in [-0.25, -0.2) is 0 Å². The van der Waals surface area contributed by atoms with Crippen molar-refractivity contribution in [2.75, 3.05) is 19.5 Å². The van der Waals surface area contributed by atoms with Gasteiger partial charge >= 0.3 is 0 Å². The van der Waals surface area contributed by atoms with Crippen molar-refractivity contribution in [2.45, 2.75) is 30.8 Å². The number of aromatic nitrogens is 3. The molecule has 1 atom stereocenters. The van der Waals surface area contributed by atoms with Crippen molar-refractivity contribution in [3.05, 3.63) is 48.5 Å². The Labute approximate surface area is 174 Å². The van der Waals surface area contributed by atoms with Gasteiger partial charge in [0.1, 0.15) is 11.5 Å². The summed E-state index contributed by atoms with van der Waals surface area (Å²) in [7, 11) is 3.23. The Morgan fingerprint density at radius 2 is 1.83 bits per heavy atom. The number of rotatable bonds is 8. The first-order chi connectivity index (χ1) is 14.0. The number of amides is 1. The lowest BCUT2D eigenvalue weighted by Crippen LogP contribution is -2.23. The fourth-order valence-electron chi connectivity index (χ4n) is 2.77. The molecule has 29 heavy (non-hydrogen) atoms. The molecule has 1 amide bonds. The average Bonchev–Trinajstić information content (AvgIpc) is 3.16. The molecule has 1 heterocycles. The van der Waals surface area contributed by atoms with Crippen molar-refractivity contribution in [3.8, 4) is 22.9 Å². The molecule has 0 aliphatic rings. The van der Waals surface area contributed by atoms with Gasteiger partial charge in [-0.1, -0.05) is 17.8 Å². The van der Waals surface area contributed by atoms with Gasteiger partial charge in [0.2, 0.25) is 5.91 Å². The number of methoxy groups -OCH3 is 2. The molecule has 1 aromatic heterocycles. The summed E-state index contributed by atoms with van der Waals surface area (Å²) in [5, 5.41) is 11.9. The third-order valence-corrected chi connectivity index (χ3v) is 5.45. The van der Waals surface area contributed by atoms with Crippen molar-refractivity contribution >= 4 is 23.4 Å². The summed E-state index contributed by atoms with van der Waals surface area (Å²) in [5.41, 5.74) is 1.64. The van der Waals surface area contributed by atoms with Crippen LogP contribution in [0.25, 0.3) is 11.4 Å². The summed E-state index contributed by atoms with van der Waals surface area (Å²) in [5.74, 6) is 2.13. The minimum absolute atomic E-state index is 0.111. The van der Waals surface area contributed by atoms with Crippen LogP contribution in [0.5, 0.6) is 11.5 Å². The van der Waals surface area contributed by atoms with Crippen LogP contribution in [0.3, 0.4) is 0 Å². The molecule has 0 unspecified atom stereocenters. The number of hydrogen-bond donors (Lipinski definition) is 1. The van der Waals surface area contributed by atoms with Gasteiger partial charge in [-0.15, -0.1) is 10.2 Å². The molecule has 3 rings (SSSR count). The Bertz CT molecular complexity index is 972. The topological polar surface area (TPSA) is 78.3 Å². The number of carbonyl (C=O) groups is 1. The van der Waals surface area contributed by atoms with Crippen molar-refractivity contribution in [1.29, 1.82) is 0 Å². The van der Waals surface area contributed by atoms with Crippen LogP contribution in [0.2, 0.25) is 0 Å². The normalized spacial score (nSPS) is 11.7. The fourth-order valence-corrected chi connectivity index (χ4v) is 3.68. The minimum atomic E-state index is -0.348. The summed E-state index contributed by atoms with van der Waals surface area (Å²) < 4.78 is 12.4. The number of ether oxygens (including phenoxy) is 2. The lowest BCUT2D eigenvalue weighted by atomic mass is 10.2. The highest BCUT2D eigenvalue weighted by Gasteiger charge is 2.20.